The molecule has 2 heteroatoms. The smallest absolute Gasteiger partial charge is 0.161 e. The van der Waals surface area contributed by atoms with Crippen LogP contribution in [0.2, 0.25) is 0 Å². The lowest BCUT2D eigenvalue weighted by atomic mass is 9.89. The minimum Gasteiger partial charge on any atom is -0.367 e. The predicted molar refractivity (Wildman–Crippen MR) is 73.6 cm³/mol. The Balaban J connectivity index is 1.92. The second-order valence-electron chi connectivity index (χ2n) is 6.30. The van der Waals surface area contributed by atoms with E-state index in [1.165, 1.54) is 38.5 Å². The third-order valence-electron chi connectivity index (χ3n) is 4.45. The van der Waals surface area contributed by atoms with E-state index < -0.39 is 0 Å². The van der Waals surface area contributed by atoms with Crippen molar-refractivity contribution in [3.05, 3.63) is 0 Å². The van der Waals surface area contributed by atoms with E-state index >= 15 is 0 Å². The van der Waals surface area contributed by atoms with Crippen molar-refractivity contribution in [1.82, 2.24) is 0 Å². The number of rotatable bonds is 0. The van der Waals surface area contributed by atoms with Gasteiger partial charge >= 0.3 is 0 Å². The maximum absolute atomic E-state index is 12.1. The van der Waals surface area contributed by atoms with Gasteiger partial charge in [0.1, 0.15) is 6.10 Å². The molecule has 0 radical (unpaired) electrons. The molecule has 0 N–H and O–H groups in total. The molecule has 0 aromatic rings. The van der Waals surface area contributed by atoms with E-state index in [1.807, 2.05) is 0 Å². The number of fused-ring (bicyclic) bond motifs is 2. The lowest BCUT2D eigenvalue weighted by Gasteiger charge is -2.33. The summed E-state index contributed by atoms with van der Waals surface area (Å²) in [5, 5.41) is 0. The summed E-state index contributed by atoms with van der Waals surface area (Å²) < 4.78 is 6.03. The number of carbonyl (C=O) groups is 1. The summed E-state index contributed by atoms with van der Waals surface area (Å²) in [7, 11) is 0. The molecule has 3 atom stereocenters. The maximum atomic E-state index is 12.1. The van der Waals surface area contributed by atoms with E-state index in [2.05, 4.69) is 6.92 Å². The van der Waals surface area contributed by atoms with Crippen molar-refractivity contribution in [3.63, 3.8) is 0 Å². The first-order valence-corrected chi connectivity index (χ1v) is 7.94. The highest BCUT2D eigenvalue weighted by molar-refractivity contribution is 5.83. The first-order chi connectivity index (χ1) is 8.75. The molecule has 2 fully saturated rings. The number of hydrogen-bond acceptors (Lipinski definition) is 2. The fraction of sp³-hybridized carbons (Fsp3) is 0.938. The summed E-state index contributed by atoms with van der Waals surface area (Å²) in [5.74, 6) is 1.02. The summed E-state index contributed by atoms with van der Waals surface area (Å²) in [6.07, 6.45) is 13.2. The van der Waals surface area contributed by atoms with Gasteiger partial charge in [-0.1, -0.05) is 45.4 Å². The third-order valence-corrected chi connectivity index (χ3v) is 4.45. The summed E-state index contributed by atoms with van der Waals surface area (Å²) in [5.41, 5.74) is 0. The average molecular weight is 252 g/mol. The molecule has 0 aliphatic carbocycles. The molecule has 18 heavy (non-hydrogen) atoms. The summed E-state index contributed by atoms with van der Waals surface area (Å²) in [6, 6.07) is 0. The van der Waals surface area contributed by atoms with Crippen LogP contribution in [0.1, 0.15) is 77.6 Å². The molecule has 0 aromatic heterocycles. The zero-order valence-electron chi connectivity index (χ0n) is 11.8. The Hall–Kier alpha value is -0.370. The lowest BCUT2D eigenvalue weighted by Crippen LogP contribution is -2.37. The van der Waals surface area contributed by atoms with Crippen LogP contribution in [0.4, 0.5) is 0 Å². The molecule has 0 amide bonds. The molecule has 104 valence electrons. The Morgan fingerprint density at radius 3 is 2.39 bits per heavy atom. The van der Waals surface area contributed by atoms with Crippen molar-refractivity contribution >= 4 is 5.78 Å². The monoisotopic (exact) mass is 252 g/mol. The Morgan fingerprint density at radius 2 is 1.61 bits per heavy atom. The first-order valence-electron chi connectivity index (χ1n) is 7.94. The minimum atomic E-state index is -0.0838. The molecular weight excluding hydrogens is 224 g/mol. The molecule has 2 nitrogen and oxygen atoms in total. The van der Waals surface area contributed by atoms with Gasteiger partial charge in [-0.15, -0.1) is 0 Å². The van der Waals surface area contributed by atoms with Gasteiger partial charge < -0.3 is 4.74 Å². The van der Waals surface area contributed by atoms with E-state index in [4.69, 9.17) is 4.74 Å². The molecule has 3 unspecified atom stereocenters. The maximum Gasteiger partial charge on any atom is 0.161 e. The van der Waals surface area contributed by atoms with Gasteiger partial charge in [-0.25, -0.2) is 0 Å². The Bertz CT molecular complexity index is 262. The van der Waals surface area contributed by atoms with Gasteiger partial charge in [-0.2, -0.15) is 0 Å². The Morgan fingerprint density at radius 1 is 0.944 bits per heavy atom. The largest absolute Gasteiger partial charge is 0.367 e. The standard InChI is InChI=1S/C16H28O2/c1-13-11-14-9-7-5-3-2-4-6-8-10-15(17)16(12-13)18-14/h13-14,16H,2-12H2,1H3. The SMILES string of the molecule is CC1CC2CCCCCCCCCC(=O)C(C1)O2. The van der Waals surface area contributed by atoms with Crippen LogP contribution < -0.4 is 0 Å². The third kappa shape index (κ3) is 4.38. The van der Waals surface area contributed by atoms with Crippen molar-refractivity contribution in [2.45, 2.75) is 89.8 Å². The van der Waals surface area contributed by atoms with E-state index in [0.29, 0.717) is 17.8 Å². The average Bonchev–Trinajstić information content (AvgIpc) is 2.36. The van der Waals surface area contributed by atoms with Gasteiger partial charge in [0.15, 0.2) is 5.78 Å². The molecule has 0 aromatic carbocycles. The molecule has 2 rings (SSSR count). The highest BCUT2D eigenvalue weighted by atomic mass is 16.5. The fourth-order valence-electron chi connectivity index (χ4n) is 3.36. The van der Waals surface area contributed by atoms with Crippen LogP contribution in [0, 0.1) is 5.92 Å². The Kier molecular flexibility index (Phi) is 5.68. The van der Waals surface area contributed by atoms with Gasteiger partial charge in [0.25, 0.3) is 0 Å². The normalized spacial score (nSPS) is 36.3. The number of Topliss-reactive ketones (excluding diaryl/α,β-unsaturated/α-hetero) is 1. The fourth-order valence-corrected chi connectivity index (χ4v) is 3.36. The molecule has 2 saturated heterocycles. The Labute approximate surface area is 111 Å². The van der Waals surface area contributed by atoms with Crippen molar-refractivity contribution in [2.75, 3.05) is 0 Å². The molecule has 0 saturated carbocycles. The van der Waals surface area contributed by atoms with Crippen molar-refractivity contribution in [2.24, 2.45) is 5.92 Å². The second-order valence-corrected chi connectivity index (χ2v) is 6.30. The van der Waals surface area contributed by atoms with Crippen LogP contribution in [-0.2, 0) is 9.53 Å². The molecule has 2 aliphatic rings. The van der Waals surface area contributed by atoms with Crippen LogP contribution in [-0.4, -0.2) is 18.0 Å². The van der Waals surface area contributed by atoms with Crippen molar-refractivity contribution in [3.8, 4) is 0 Å². The summed E-state index contributed by atoms with van der Waals surface area (Å²) in [4.78, 5) is 12.1. The molecular formula is C16H28O2. The number of ether oxygens (including phenoxy) is 1. The van der Waals surface area contributed by atoms with E-state index in [-0.39, 0.29) is 6.10 Å². The quantitative estimate of drug-likeness (QED) is 0.643. The highest BCUT2D eigenvalue weighted by Crippen LogP contribution is 2.29. The second kappa shape index (κ2) is 7.28. The van der Waals surface area contributed by atoms with E-state index in [0.717, 1.165) is 32.1 Å². The van der Waals surface area contributed by atoms with Gasteiger partial charge in [0.2, 0.25) is 0 Å². The summed E-state index contributed by atoms with van der Waals surface area (Å²) >= 11 is 0. The highest BCUT2D eigenvalue weighted by Gasteiger charge is 2.30. The minimum absolute atomic E-state index is 0.0838. The van der Waals surface area contributed by atoms with Crippen LogP contribution in [0.5, 0.6) is 0 Å². The van der Waals surface area contributed by atoms with Gasteiger partial charge in [-0.05, 0) is 31.6 Å². The van der Waals surface area contributed by atoms with Gasteiger partial charge in [0.05, 0.1) is 6.10 Å². The van der Waals surface area contributed by atoms with Crippen molar-refractivity contribution in [1.29, 1.82) is 0 Å². The van der Waals surface area contributed by atoms with Crippen LogP contribution >= 0.6 is 0 Å². The van der Waals surface area contributed by atoms with Gasteiger partial charge in [-0.3, -0.25) is 4.79 Å². The van der Waals surface area contributed by atoms with Gasteiger partial charge in [0, 0.05) is 6.42 Å². The van der Waals surface area contributed by atoms with Crippen LogP contribution in [0.25, 0.3) is 0 Å². The number of ketones is 1. The number of carbonyl (C=O) groups excluding carboxylic acids is 1. The predicted octanol–water partition coefficient (Wildman–Crippen LogP) is 4.26. The van der Waals surface area contributed by atoms with E-state index in [1.54, 1.807) is 0 Å². The molecule has 2 bridgehead atoms. The molecule has 2 aliphatic heterocycles. The van der Waals surface area contributed by atoms with Crippen LogP contribution in [0.15, 0.2) is 0 Å². The van der Waals surface area contributed by atoms with Crippen LogP contribution in [0.3, 0.4) is 0 Å². The van der Waals surface area contributed by atoms with Crippen molar-refractivity contribution < 1.29 is 9.53 Å². The van der Waals surface area contributed by atoms with E-state index in [9.17, 15) is 4.79 Å². The number of hydrogen-bond donors (Lipinski definition) is 0. The zero-order valence-corrected chi connectivity index (χ0v) is 11.8. The lowest BCUT2D eigenvalue weighted by molar-refractivity contribution is -0.143. The molecule has 0 spiro atoms. The topological polar surface area (TPSA) is 26.3 Å². The zero-order chi connectivity index (χ0) is 12.8. The summed E-state index contributed by atoms with van der Waals surface area (Å²) in [6.45, 7) is 2.27. The molecule has 2 heterocycles. The first kappa shape index (κ1) is 14.0.